The molecule has 1 aromatic carbocycles. The van der Waals surface area contributed by atoms with Crippen LogP contribution in [0.15, 0.2) is 12.1 Å². The molecule has 1 fully saturated rings. The van der Waals surface area contributed by atoms with E-state index in [0.717, 1.165) is 18.4 Å². The summed E-state index contributed by atoms with van der Waals surface area (Å²) in [4.78, 5) is 0. The fourth-order valence-corrected chi connectivity index (χ4v) is 5.10. The van der Waals surface area contributed by atoms with E-state index in [4.69, 9.17) is 4.74 Å². The van der Waals surface area contributed by atoms with Crippen LogP contribution in [0.4, 0.5) is 8.78 Å². The van der Waals surface area contributed by atoms with Crippen LogP contribution < -0.4 is 4.74 Å². The third kappa shape index (κ3) is 4.02. The van der Waals surface area contributed by atoms with E-state index in [9.17, 15) is 13.9 Å². The zero-order chi connectivity index (χ0) is 20.7. The Kier molecular flexibility index (Phi) is 5.99. The quantitative estimate of drug-likeness (QED) is 0.510. The second kappa shape index (κ2) is 7.84. The zero-order valence-corrected chi connectivity index (χ0v) is 18.0. The number of ether oxygens (including phenoxy) is 1. The normalized spacial score (nSPS) is 29.0. The Labute approximate surface area is 168 Å². The van der Waals surface area contributed by atoms with Crippen molar-refractivity contribution in [2.75, 3.05) is 0 Å². The zero-order valence-electron chi connectivity index (χ0n) is 18.0. The van der Waals surface area contributed by atoms with Gasteiger partial charge in [-0.25, -0.2) is 0 Å². The fourth-order valence-electron chi connectivity index (χ4n) is 5.10. The first-order chi connectivity index (χ1) is 13.1. The Balaban J connectivity index is 1.92. The van der Waals surface area contributed by atoms with Gasteiger partial charge in [-0.3, -0.25) is 0 Å². The van der Waals surface area contributed by atoms with Crippen LogP contribution in [0.25, 0.3) is 0 Å². The van der Waals surface area contributed by atoms with Gasteiger partial charge in [-0.1, -0.05) is 60.3 Å². The first kappa shape index (κ1) is 21.4. The lowest BCUT2D eigenvalue weighted by Gasteiger charge is -2.46. The van der Waals surface area contributed by atoms with Crippen molar-refractivity contribution in [3.05, 3.63) is 23.3 Å². The standard InChI is InChI=1S/C24H36F2O2/c1-6-7-8-9-10-23(4,5)17-13-20(27)22-18-11-15(2)16(3)12-19(18)24(25,26)28-21(22)14-17/h13-16,18-19,27H,6-12H2,1-5H3. The summed E-state index contributed by atoms with van der Waals surface area (Å²) in [5.41, 5.74) is 1.29. The number of phenols is 1. The number of fused-ring (bicyclic) bond motifs is 3. The van der Waals surface area contributed by atoms with E-state index in [1.54, 1.807) is 12.1 Å². The summed E-state index contributed by atoms with van der Waals surface area (Å²) in [5.74, 6) is -0.291. The SMILES string of the molecule is CCCCCCC(C)(C)c1cc(O)c2c(c1)OC(F)(F)C1CC(C)C(C)CC21. The molecule has 0 saturated heterocycles. The Morgan fingerprint density at radius 1 is 1.11 bits per heavy atom. The highest BCUT2D eigenvalue weighted by Gasteiger charge is 2.55. The molecule has 2 aliphatic rings. The summed E-state index contributed by atoms with van der Waals surface area (Å²) in [6, 6.07) is 3.56. The van der Waals surface area contributed by atoms with Crippen LogP contribution in [0, 0.1) is 17.8 Å². The largest absolute Gasteiger partial charge is 0.508 e. The maximum absolute atomic E-state index is 14.9. The minimum atomic E-state index is -3.18. The predicted octanol–water partition coefficient (Wildman–Crippen LogP) is 7.39. The van der Waals surface area contributed by atoms with Crippen molar-refractivity contribution >= 4 is 0 Å². The molecule has 4 unspecified atom stereocenters. The molecule has 28 heavy (non-hydrogen) atoms. The summed E-state index contributed by atoms with van der Waals surface area (Å²) in [5, 5.41) is 10.8. The summed E-state index contributed by atoms with van der Waals surface area (Å²) in [7, 11) is 0. The van der Waals surface area contributed by atoms with Gasteiger partial charge in [-0.05, 0) is 54.2 Å². The number of hydrogen-bond acceptors (Lipinski definition) is 2. The van der Waals surface area contributed by atoms with Gasteiger partial charge in [0.05, 0.1) is 5.92 Å². The van der Waals surface area contributed by atoms with Gasteiger partial charge in [0, 0.05) is 11.5 Å². The van der Waals surface area contributed by atoms with E-state index in [0.29, 0.717) is 24.3 Å². The molecule has 1 aliphatic carbocycles. The van der Waals surface area contributed by atoms with Crippen LogP contribution in [0.3, 0.4) is 0 Å². The number of halogens is 2. The highest BCUT2D eigenvalue weighted by Crippen LogP contribution is 2.58. The first-order valence-corrected chi connectivity index (χ1v) is 11.0. The van der Waals surface area contributed by atoms with Crippen molar-refractivity contribution in [1.82, 2.24) is 0 Å². The molecule has 1 heterocycles. The fraction of sp³-hybridized carbons (Fsp3) is 0.750. The number of hydrogen-bond donors (Lipinski definition) is 1. The Bertz CT molecular complexity index is 698. The molecule has 1 aliphatic heterocycles. The molecule has 4 atom stereocenters. The minimum absolute atomic E-state index is 0.126. The third-order valence-electron chi connectivity index (χ3n) is 7.31. The highest BCUT2D eigenvalue weighted by molar-refractivity contribution is 5.53. The van der Waals surface area contributed by atoms with Gasteiger partial charge < -0.3 is 9.84 Å². The number of alkyl halides is 2. The second-order valence-corrected chi connectivity index (χ2v) is 9.90. The van der Waals surface area contributed by atoms with Gasteiger partial charge in [0.2, 0.25) is 0 Å². The molecule has 0 spiro atoms. The first-order valence-electron chi connectivity index (χ1n) is 11.0. The summed E-state index contributed by atoms with van der Waals surface area (Å²) in [6.45, 7) is 10.6. The van der Waals surface area contributed by atoms with E-state index >= 15 is 0 Å². The van der Waals surface area contributed by atoms with Crippen LogP contribution in [0.1, 0.15) is 96.6 Å². The second-order valence-electron chi connectivity index (χ2n) is 9.90. The molecule has 2 nitrogen and oxygen atoms in total. The van der Waals surface area contributed by atoms with E-state index in [1.807, 2.05) is 6.92 Å². The molecule has 1 N–H and O–H groups in total. The lowest BCUT2D eigenvalue weighted by Crippen LogP contribution is -2.46. The lowest BCUT2D eigenvalue weighted by molar-refractivity contribution is -0.241. The molecule has 3 rings (SSSR count). The molecule has 0 bridgehead atoms. The molecule has 1 saturated carbocycles. The predicted molar refractivity (Wildman–Crippen MR) is 109 cm³/mol. The van der Waals surface area contributed by atoms with Gasteiger partial charge in [-0.2, -0.15) is 8.78 Å². The molecular formula is C24H36F2O2. The van der Waals surface area contributed by atoms with Crippen LogP contribution in [0.5, 0.6) is 11.5 Å². The van der Waals surface area contributed by atoms with Crippen LogP contribution >= 0.6 is 0 Å². The van der Waals surface area contributed by atoms with Crippen LogP contribution in [-0.4, -0.2) is 11.2 Å². The average Bonchev–Trinajstić information content (AvgIpc) is 2.59. The molecular weight excluding hydrogens is 358 g/mol. The average molecular weight is 395 g/mol. The van der Waals surface area contributed by atoms with E-state index in [-0.39, 0.29) is 28.7 Å². The van der Waals surface area contributed by atoms with Crippen LogP contribution in [0.2, 0.25) is 0 Å². The molecule has 4 heteroatoms. The maximum Gasteiger partial charge on any atom is 0.401 e. The summed E-state index contributed by atoms with van der Waals surface area (Å²) < 4.78 is 35.0. The summed E-state index contributed by atoms with van der Waals surface area (Å²) >= 11 is 0. The highest BCUT2D eigenvalue weighted by atomic mass is 19.3. The van der Waals surface area contributed by atoms with Gasteiger partial charge in [-0.15, -0.1) is 0 Å². The Morgan fingerprint density at radius 2 is 1.79 bits per heavy atom. The number of benzene rings is 1. The molecule has 0 aromatic heterocycles. The molecule has 158 valence electrons. The van der Waals surface area contributed by atoms with E-state index in [2.05, 4.69) is 27.7 Å². The third-order valence-corrected chi connectivity index (χ3v) is 7.31. The number of phenolic OH excluding ortho intramolecular Hbond substituents is 1. The van der Waals surface area contributed by atoms with Crippen molar-refractivity contribution in [1.29, 1.82) is 0 Å². The Hall–Kier alpha value is -1.32. The smallest absolute Gasteiger partial charge is 0.401 e. The molecule has 0 radical (unpaired) electrons. The van der Waals surface area contributed by atoms with E-state index < -0.39 is 12.0 Å². The van der Waals surface area contributed by atoms with Crippen molar-refractivity contribution in [2.45, 2.75) is 97.0 Å². The maximum atomic E-state index is 14.9. The van der Waals surface area contributed by atoms with Crippen molar-refractivity contribution in [2.24, 2.45) is 17.8 Å². The number of rotatable bonds is 6. The van der Waals surface area contributed by atoms with Crippen LogP contribution in [-0.2, 0) is 5.41 Å². The van der Waals surface area contributed by atoms with Gasteiger partial charge >= 0.3 is 6.11 Å². The topological polar surface area (TPSA) is 29.5 Å². The lowest BCUT2D eigenvalue weighted by atomic mass is 9.65. The van der Waals surface area contributed by atoms with Crippen molar-refractivity contribution in [3.8, 4) is 11.5 Å². The van der Waals surface area contributed by atoms with Gasteiger partial charge in [0.1, 0.15) is 11.5 Å². The molecule has 0 amide bonds. The minimum Gasteiger partial charge on any atom is -0.508 e. The Morgan fingerprint density at radius 3 is 2.46 bits per heavy atom. The van der Waals surface area contributed by atoms with Crippen molar-refractivity contribution < 1.29 is 18.6 Å². The van der Waals surface area contributed by atoms with Gasteiger partial charge in [0.25, 0.3) is 0 Å². The number of unbranched alkanes of at least 4 members (excludes halogenated alkanes) is 3. The van der Waals surface area contributed by atoms with Crippen molar-refractivity contribution in [3.63, 3.8) is 0 Å². The van der Waals surface area contributed by atoms with Gasteiger partial charge in [0.15, 0.2) is 0 Å². The summed E-state index contributed by atoms with van der Waals surface area (Å²) in [6.07, 6.45) is 3.54. The van der Waals surface area contributed by atoms with E-state index in [1.165, 1.54) is 19.3 Å². The monoisotopic (exact) mass is 394 g/mol. The number of aromatic hydroxyl groups is 1. The molecule has 1 aromatic rings.